The Balaban J connectivity index is 0.000000810. The molecule has 0 spiro atoms. The van der Waals surface area contributed by atoms with E-state index < -0.39 is 0 Å². The van der Waals surface area contributed by atoms with E-state index >= 15 is 0 Å². The molecule has 1 aliphatic rings. The zero-order valence-corrected chi connectivity index (χ0v) is 10.8. The van der Waals surface area contributed by atoms with Crippen molar-refractivity contribution in [1.82, 2.24) is 4.90 Å². The molecule has 1 nitrogen and oxygen atoms in total. The minimum Gasteiger partial charge on any atom is -0.358 e. The number of nitrogens with zero attached hydrogens (tertiary/aromatic N) is 1. The van der Waals surface area contributed by atoms with E-state index in [1.165, 1.54) is 19.5 Å². The molecule has 56 valence electrons. The first-order valence-corrected chi connectivity index (χ1v) is 3.60. The second kappa shape index (κ2) is 4.80. The summed E-state index contributed by atoms with van der Waals surface area (Å²) in [5, 5.41) is 0. The van der Waals surface area contributed by atoms with E-state index in [0.717, 1.165) is 5.92 Å². The third kappa shape index (κ3) is 2.95. The minimum atomic E-state index is 0. The normalized spacial score (nSPS) is 27.0. The number of hydrogen-bond donors (Lipinski definition) is 0. The van der Waals surface area contributed by atoms with Gasteiger partial charge in [-0.15, -0.1) is 0 Å². The fraction of sp³-hybridized carbons (Fsp3) is 0.750. The van der Waals surface area contributed by atoms with Gasteiger partial charge in [0.25, 0.3) is 0 Å². The van der Waals surface area contributed by atoms with E-state index in [2.05, 4.69) is 25.7 Å². The van der Waals surface area contributed by atoms with Crippen LogP contribution in [-0.2, 0) is 0 Å². The monoisotopic (exact) mass is 363 g/mol. The Labute approximate surface area is 87.9 Å². The summed E-state index contributed by atoms with van der Waals surface area (Å²) in [5.41, 5.74) is 0. The maximum absolute atomic E-state index is 3.87. The first-order valence-electron chi connectivity index (χ1n) is 3.60. The van der Waals surface area contributed by atoms with Gasteiger partial charge in [0, 0.05) is 0 Å². The van der Waals surface area contributed by atoms with Crippen molar-refractivity contribution in [3.63, 3.8) is 0 Å². The molecule has 0 aliphatic carbocycles. The average molecular weight is 363 g/mol. The fourth-order valence-electron chi connectivity index (χ4n) is 1.30. The second-order valence-electron chi connectivity index (χ2n) is 3.04. The van der Waals surface area contributed by atoms with Gasteiger partial charge in [-0.25, -0.2) is 6.04 Å². The zero-order chi connectivity index (χ0) is 6.85. The summed E-state index contributed by atoms with van der Waals surface area (Å²) >= 11 is 0. The fourth-order valence-corrected chi connectivity index (χ4v) is 1.30. The van der Waals surface area contributed by atoms with Gasteiger partial charge >= 0.3 is 31.1 Å². The van der Waals surface area contributed by atoms with Crippen molar-refractivity contribution in [3.8, 4) is 0 Å². The summed E-state index contributed by atoms with van der Waals surface area (Å²) in [5.74, 6) is 0.857. The van der Waals surface area contributed by atoms with E-state index in [9.17, 15) is 0 Å². The molecule has 0 aromatic carbocycles. The van der Waals surface area contributed by atoms with Crippen molar-refractivity contribution in [2.45, 2.75) is 19.4 Å². The Morgan fingerprint density at radius 3 is 2.30 bits per heavy atom. The molecule has 0 bridgehead atoms. The molecular weight excluding hydrogens is 348 g/mol. The number of rotatable bonds is 1. The third-order valence-electron chi connectivity index (χ3n) is 1.97. The van der Waals surface area contributed by atoms with Crippen molar-refractivity contribution < 1.29 is 31.1 Å². The van der Waals surface area contributed by atoms with Gasteiger partial charge in [-0.05, 0) is 25.4 Å². The minimum absolute atomic E-state index is 0. The molecule has 1 heterocycles. The van der Waals surface area contributed by atoms with Crippen molar-refractivity contribution >= 4 is 0 Å². The van der Waals surface area contributed by atoms with Crippen molar-refractivity contribution in [2.24, 2.45) is 5.92 Å². The standard InChI is InChI=1S/C8H15N.U/c1-7(2)9-5-4-8(3)6-9;/h7-8H,1-2,4-6H2,3H3;/q-2;+2. The summed E-state index contributed by atoms with van der Waals surface area (Å²) in [7, 11) is 0. The van der Waals surface area contributed by atoms with Crippen LogP contribution < -0.4 is 0 Å². The zero-order valence-electron chi connectivity index (χ0n) is 6.64. The van der Waals surface area contributed by atoms with Crippen molar-refractivity contribution in [2.75, 3.05) is 13.1 Å². The van der Waals surface area contributed by atoms with E-state index in [0.29, 0.717) is 0 Å². The van der Waals surface area contributed by atoms with Crippen LogP contribution in [0.25, 0.3) is 0 Å². The molecule has 1 rings (SSSR count). The maximum Gasteiger partial charge on any atom is 2.00 e. The molecule has 0 saturated carbocycles. The van der Waals surface area contributed by atoms with Gasteiger partial charge in [0.15, 0.2) is 0 Å². The molecule has 10 heavy (non-hydrogen) atoms. The maximum atomic E-state index is 3.87. The molecule has 1 fully saturated rings. The Hall–Kier alpha value is 1.01. The first kappa shape index (κ1) is 11.0. The summed E-state index contributed by atoms with van der Waals surface area (Å²) in [6, 6.07) is 0.259. The van der Waals surface area contributed by atoms with Crippen LogP contribution in [0.3, 0.4) is 0 Å². The SMILES string of the molecule is [CH2-]C([CH2-])N1CCC(C)C1.[U+2]. The van der Waals surface area contributed by atoms with Crippen LogP contribution >= 0.6 is 0 Å². The predicted molar refractivity (Wildman–Crippen MR) is 39.9 cm³/mol. The van der Waals surface area contributed by atoms with Crippen LogP contribution in [-0.4, -0.2) is 24.0 Å². The molecule has 0 aromatic heterocycles. The Morgan fingerprint density at radius 2 is 2.10 bits per heavy atom. The Morgan fingerprint density at radius 1 is 1.50 bits per heavy atom. The summed E-state index contributed by atoms with van der Waals surface area (Å²) in [6.45, 7) is 12.4. The van der Waals surface area contributed by atoms with Crippen LogP contribution in [0, 0.1) is 50.9 Å². The second-order valence-corrected chi connectivity index (χ2v) is 3.04. The van der Waals surface area contributed by atoms with Gasteiger partial charge < -0.3 is 18.7 Å². The molecule has 2 heteroatoms. The van der Waals surface area contributed by atoms with Gasteiger partial charge in [-0.2, -0.15) is 0 Å². The largest absolute Gasteiger partial charge is 2.00 e. The smallest absolute Gasteiger partial charge is 0.358 e. The average Bonchev–Trinajstić information content (AvgIpc) is 2.14. The van der Waals surface area contributed by atoms with Gasteiger partial charge in [0.2, 0.25) is 0 Å². The Kier molecular flexibility index (Phi) is 5.29. The van der Waals surface area contributed by atoms with Gasteiger partial charge in [-0.3, -0.25) is 0 Å². The molecule has 1 unspecified atom stereocenters. The number of hydrogen-bond acceptors (Lipinski definition) is 1. The Bertz CT molecular complexity index is 93.3. The molecular formula is C8H15NU. The van der Waals surface area contributed by atoms with Crippen LogP contribution in [0.2, 0.25) is 0 Å². The molecule has 1 aliphatic heterocycles. The van der Waals surface area contributed by atoms with Crippen molar-refractivity contribution in [1.29, 1.82) is 0 Å². The molecule has 1 atom stereocenters. The third-order valence-corrected chi connectivity index (χ3v) is 1.97. The van der Waals surface area contributed by atoms with E-state index in [4.69, 9.17) is 0 Å². The quantitative estimate of drug-likeness (QED) is 0.636. The molecule has 0 amide bonds. The molecule has 0 aromatic rings. The number of likely N-dealkylation sites (tertiary alicyclic amines) is 1. The van der Waals surface area contributed by atoms with Crippen LogP contribution in [0.15, 0.2) is 0 Å². The molecule has 1 saturated heterocycles. The van der Waals surface area contributed by atoms with E-state index in [1.54, 1.807) is 0 Å². The van der Waals surface area contributed by atoms with Gasteiger partial charge in [-0.1, -0.05) is 6.92 Å². The summed E-state index contributed by atoms with van der Waals surface area (Å²) in [4.78, 5) is 2.32. The van der Waals surface area contributed by atoms with Crippen LogP contribution in [0.5, 0.6) is 0 Å². The summed E-state index contributed by atoms with van der Waals surface area (Å²) < 4.78 is 0. The summed E-state index contributed by atoms with van der Waals surface area (Å²) in [6.07, 6.45) is 1.32. The molecule has 0 N–H and O–H groups in total. The van der Waals surface area contributed by atoms with E-state index in [-0.39, 0.29) is 37.2 Å². The first-order chi connectivity index (χ1) is 4.20. The molecule has 0 radical (unpaired) electrons. The van der Waals surface area contributed by atoms with Crippen LogP contribution in [0.4, 0.5) is 0 Å². The topological polar surface area (TPSA) is 3.24 Å². The van der Waals surface area contributed by atoms with Gasteiger partial charge in [0.05, 0.1) is 0 Å². The van der Waals surface area contributed by atoms with Gasteiger partial charge in [0.1, 0.15) is 0 Å². The predicted octanol–water partition coefficient (Wildman–Crippen LogP) is 1.36. The van der Waals surface area contributed by atoms with Crippen LogP contribution in [0.1, 0.15) is 13.3 Å². The van der Waals surface area contributed by atoms with E-state index in [1.807, 2.05) is 0 Å². The van der Waals surface area contributed by atoms with Crippen molar-refractivity contribution in [3.05, 3.63) is 13.8 Å².